The SMILES string of the molecule is COC(=O)c1cc(C#CCN(C)C(=O)OC(C)(C)C)cc(C(=O)OC)c1. The van der Waals surface area contributed by atoms with Gasteiger partial charge in [0.25, 0.3) is 0 Å². The van der Waals surface area contributed by atoms with Crippen molar-refractivity contribution >= 4 is 18.0 Å². The van der Waals surface area contributed by atoms with Crippen molar-refractivity contribution in [1.82, 2.24) is 4.90 Å². The fourth-order valence-corrected chi connectivity index (χ4v) is 1.84. The number of benzene rings is 1. The molecule has 1 aromatic carbocycles. The molecule has 0 fully saturated rings. The zero-order chi connectivity index (χ0) is 19.9. The van der Waals surface area contributed by atoms with E-state index in [-0.39, 0.29) is 17.7 Å². The lowest BCUT2D eigenvalue weighted by atomic mass is 10.1. The minimum Gasteiger partial charge on any atom is -0.465 e. The van der Waals surface area contributed by atoms with Gasteiger partial charge >= 0.3 is 18.0 Å². The lowest BCUT2D eigenvalue weighted by Gasteiger charge is -2.23. The molecule has 1 rings (SSSR count). The zero-order valence-corrected chi connectivity index (χ0v) is 15.8. The second kappa shape index (κ2) is 8.90. The molecular formula is C19H23NO6. The third kappa shape index (κ3) is 6.48. The van der Waals surface area contributed by atoms with Crippen LogP contribution < -0.4 is 0 Å². The first-order chi connectivity index (χ1) is 12.1. The van der Waals surface area contributed by atoms with E-state index in [2.05, 4.69) is 21.3 Å². The quantitative estimate of drug-likeness (QED) is 0.467. The molecule has 0 saturated heterocycles. The minimum absolute atomic E-state index is 0.116. The fraction of sp³-hybridized carbons (Fsp3) is 0.421. The molecule has 0 aliphatic heterocycles. The minimum atomic E-state index is -0.594. The van der Waals surface area contributed by atoms with Crippen molar-refractivity contribution in [1.29, 1.82) is 0 Å². The number of hydrogen-bond acceptors (Lipinski definition) is 6. The highest BCUT2D eigenvalue weighted by atomic mass is 16.6. The molecule has 7 nitrogen and oxygen atoms in total. The molecule has 0 aliphatic carbocycles. The molecule has 0 saturated carbocycles. The van der Waals surface area contributed by atoms with Crippen molar-refractivity contribution in [3.8, 4) is 11.8 Å². The van der Waals surface area contributed by atoms with Crippen molar-refractivity contribution < 1.29 is 28.6 Å². The summed E-state index contributed by atoms with van der Waals surface area (Å²) in [6.45, 7) is 5.44. The van der Waals surface area contributed by atoms with Crippen LogP contribution in [-0.2, 0) is 14.2 Å². The van der Waals surface area contributed by atoms with Crippen LogP contribution >= 0.6 is 0 Å². The summed E-state index contributed by atoms with van der Waals surface area (Å²) in [6, 6.07) is 4.37. The Morgan fingerprint density at radius 2 is 1.50 bits per heavy atom. The maximum Gasteiger partial charge on any atom is 0.410 e. The summed E-state index contributed by atoms with van der Waals surface area (Å²) >= 11 is 0. The first kappa shape index (κ1) is 21.0. The van der Waals surface area contributed by atoms with Crippen molar-refractivity contribution in [2.45, 2.75) is 26.4 Å². The molecule has 7 heteroatoms. The number of rotatable bonds is 3. The van der Waals surface area contributed by atoms with Crippen LogP contribution in [0.5, 0.6) is 0 Å². The van der Waals surface area contributed by atoms with Crippen LogP contribution in [0.1, 0.15) is 47.1 Å². The number of carbonyl (C=O) groups is 3. The van der Waals surface area contributed by atoms with Gasteiger partial charge in [-0.15, -0.1) is 0 Å². The standard InChI is InChI=1S/C19H23NO6/c1-19(2,3)26-18(23)20(4)9-7-8-13-10-14(16(21)24-5)12-15(11-13)17(22)25-6/h10-12H,9H2,1-6H3. The Kier molecular flexibility index (Phi) is 7.20. The van der Waals surface area contributed by atoms with Crippen molar-refractivity contribution in [3.63, 3.8) is 0 Å². The van der Waals surface area contributed by atoms with Crippen LogP contribution in [0.4, 0.5) is 4.79 Å². The van der Waals surface area contributed by atoms with E-state index in [1.807, 2.05) is 0 Å². The molecule has 1 amide bonds. The highest BCUT2D eigenvalue weighted by Gasteiger charge is 2.18. The van der Waals surface area contributed by atoms with Gasteiger partial charge in [0, 0.05) is 12.6 Å². The van der Waals surface area contributed by atoms with Crippen LogP contribution in [0, 0.1) is 11.8 Å². The molecule has 0 aromatic heterocycles. The average Bonchev–Trinajstić information content (AvgIpc) is 2.58. The normalized spacial score (nSPS) is 10.2. The molecule has 0 spiro atoms. The van der Waals surface area contributed by atoms with E-state index in [9.17, 15) is 14.4 Å². The van der Waals surface area contributed by atoms with E-state index in [1.165, 1.54) is 37.3 Å². The molecule has 0 heterocycles. The van der Waals surface area contributed by atoms with E-state index < -0.39 is 23.6 Å². The molecule has 0 aliphatic rings. The highest BCUT2D eigenvalue weighted by molar-refractivity contribution is 5.96. The van der Waals surface area contributed by atoms with Gasteiger partial charge in [-0.1, -0.05) is 11.8 Å². The molecule has 0 bridgehead atoms. The number of esters is 2. The van der Waals surface area contributed by atoms with Crippen molar-refractivity contribution in [3.05, 3.63) is 34.9 Å². The van der Waals surface area contributed by atoms with E-state index in [1.54, 1.807) is 27.8 Å². The van der Waals surface area contributed by atoms with E-state index in [0.717, 1.165) is 0 Å². The summed E-state index contributed by atoms with van der Waals surface area (Å²) in [5.41, 5.74) is 0.189. The molecular weight excluding hydrogens is 338 g/mol. The van der Waals surface area contributed by atoms with Crippen molar-refractivity contribution in [2.75, 3.05) is 27.8 Å². The van der Waals surface area contributed by atoms with E-state index in [4.69, 9.17) is 4.74 Å². The van der Waals surface area contributed by atoms with Gasteiger partial charge in [0.15, 0.2) is 0 Å². The number of nitrogens with zero attached hydrogens (tertiary/aromatic N) is 1. The highest BCUT2D eigenvalue weighted by Crippen LogP contribution is 2.12. The largest absolute Gasteiger partial charge is 0.465 e. The van der Waals surface area contributed by atoms with Gasteiger partial charge in [0.1, 0.15) is 5.60 Å². The molecule has 1 aromatic rings. The number of hydrogen-bond donors (Lipinski definition) is 0. The molecule has 0 atom stereocenters. The average molecular weight is 361 g/mol. The summed E-state index contributed by atoms with van der Waals surface area (Å²) < 4.78 is 14.6. The van der Waals surface area contributed by atoms with E-state index in [0.29, 0.717) is 5.56 Å². The lowest BCUT2D eigenvalue weighted by molar-refractivity contribution is 0.0320. The Morgan fingerprint density at radius 1 is 1.00 bits per heavy atom. The molecule has 26 heavy (non-hydrogen) atoms. The molecule has 140 valence electrons. The van der Waals surface area contributed by atoms with Gasteiger partial charge in [-0.3, -0.25) is 0 Å². The van der Waals surface area contributed by atoms with Gasteiger partial charge in [-0.25, -0.2) is 14.4 Å². The zero-order valence-electron chi connectivity index (χ0n) is 15.8. The number of methoxy groups -OCH3 is 2. The smallest absolute Gasteiger partial charge is 0.410 e. The Morgan fingerprint density at radius 3 is 1.92 bits per heavy atom. The number of carbonyl (C=O) groups excluding carboxylic acids is 3. The first-order valence-corrected chi connectivity index (χ1v) is 7.82. The van der Waals surface area contributed by atoms with Crippen LogP contribution in [0.2, 0.25) is 0 Å². The number of amides is 1. The third-order valence-electron chi connectivity index (χ3n) is 3.03. The summed E-state index contributed by atoms with van der Waals surface area (Å²) in [6.07, 6.45) is -0.495. The van der Waals surface area contributed by atoms with Gasteiger partial charge < -0.3 is 19.1 Å². The lowest BCUT2D eigenvalue weighted by Crippen LogP contribution is -2.34. The fourth-order valence-electron chi connectivity index (χ4n) is 1.84. The van der Waals surface area contributed by atoms with Crippen LogP contribution in [0.15, 0.2) is 18.2 Å². The number of ether oxygens (including phenoxy) is 3. The van der Waals surface area contributed by atoms with Crippen molar-refractivity contribution in [2.24, 2.45) is 0 Å². The third-order valence-corrected chi connectivity index (χ3v) is 3.03. The monoisotopic (exact) mass is 361 g/mol. The molecule has 0 N–H and O–H groups in total. The summed E-state index contributed by atoms with van der Waals surface area (Å²) in [5, 5.41) is 0. The Bertz CT molecular complexity index is 717. The maximum atomic E-state index is 11.9. The topological polar surface area (TPSA) is 82.1 Å². The van der Waals surface area contributed by atoms with Crippen LogP contribution in [0.25, 0.3) is 0 Å². The summed E-state index contributed by atoms with van der Waals surface area (Å²) in [5.74, 6) is 4.44. The maximum absolute atomic E-state index is 11.9. The first-order valence-electron chi connectivity index (χ1n) is 7.82. The van der Waals surface area contributed by atoms with Crippen LogP contribution in [0.3, 0.4) is 0 Å². The molecule has 0 unspecified atom stereocenters. The Balaban J connectivity index is 2.99. The summed E-state index contributed by atoms with van der Waals surface area (Å²) in [7, 11) is 4.05. The van der Waals surface area contributed by atoms with Gasteiger partial charge in [-0.05, 0) is 39.0 Å². The molecule has 0 radical (unpaired) electrons. The van der Waals surface area contributed by atoms with Gasteiger partial charge in [0.05, 0.1) is 31.9 Å². The van der Waals surface area contributed by atoms with Gasteiger partial charge in [0.2, 0.25) is 0 Å². The Hall–Kier alpha value is -3.01. The Labute approximate surface area is 153 Å². The second-order valence-electron chi connectivity index (χ2n) is 6.42. The predicted molar refractivity (Wildman–Crippen MR) is 94.9 cm³/mol. The van der Waals surface area contributed by atoms with Crippen LogP contribution in [-0.4, -0.2) is 56.3 Å². The second-order valence-corrected chi connectivity index (χ2v) is 6.42. The predicted octanol–water partition coefficient (Wildman–Crippen LogP) is 2.48. The van der Waals surface area contributed by atoms with Gasteiger partial charge in [-0.2, -0.15) is 0 Å². The summed E-state index contributed by atoms with van der Waals surface area (Å²) in [4.78, 5) is 36.7. The van der Waals surface area contributed by atoms with E-state index >= 15 is 0 Å².